The molecular formula is C20H32N2O4. The fraction of sp³-hybridized carbons (Fsp3) is 0.900. The summed E-state index contributed by atoms with van der Waals surface area (Å²) >= 11 is 0. The van der Waals surface area contributed by atoms with Gasteiger partial charge in [-0.2, -0.15) is 0 Å². The van der Waals surface area contributed by atoms with Gasteiger partial charge < -0.3 is 19.3 Å². The molecule has 2 saturated heterocycles. The Labute approximate surface area is 156 Å². The molecule has 146 valence electrons. The molecule has 0 N–H and O–H groups in total. The van der Waals surface area contributed by atoms with Crippen LogP contribution in [0.5, 0.6) is 0 Å². The van der Waals surface area contributed by atoms with Gasteiger partial charge in [-0.15, -0.1) is 0 Å². The monoisotopic (exact) mass is 364 g/mol. The number of esters is 1. The van der Waals surface area contributed by atoms with Crippen molar-refractivity contribution in [2.75, 3.05) is 26.3 Å². The summed E-state index contributed by atoms with van der Waals surface area (Å²) in [5, 5.41) is 0. The summed E-state index contributed by atoms with van der Waals surface area (Å²) in [5.41, 5.74) is 0. The van der Waals surface area contributed by atoms with Gasteiger partial charge in [0.15, 0.2) is 0 Å². The van der Waals surface area contributed by atoms with Crippen molar-refractivity contribution in [1.82, 2.24) is 9.80 Å². The van der Waals surface area contributed by atoms with Crippen LogP contribution in [0.25, 0.3) is 0 Å². The summed E-state index contributed by atoms with van der Waals surface area (Å²) in [6, 6.07) is 1.20. The standard InChI is InChI=1S/C20H32N2O4/c1-2-25-20(24)14-11-16(12-14)21-9-7-15(8-10-21)22-17-5-3-4-6-18(17)26-13-19(22)23/h14-18H,2-13H2,1H3/t14?,16?,17-,18-/m0/s1. The summed E-state index contributed by atoms with van der Waals surface area (Å²) in [7, 11) is 0. The van der Waals surface area contributed by atoms with Crippen LogP contribution < -0.4 is 0 Å². The van der Waals surface area contributed by atoms with Gasteiger partial charge in [-0.1, -0.05) is 12.8 Å². The summed E-state index contributed by atoms with van der Waals surface area (Å²) in [6.45, 7) is 4.68. The SMILES string of the molecule is CCOC(=O)C1CC(N2CCC(N3C(=O)CO[C@H]4CCCC[C@@H]43)CC2)C1. The zero-order valence-corrected chi connectivity index (χ0v) is 15.9. The third kappa shape index (κ3) is 3.50. The predicted octanol–water partition coefficient (Wildman–Crippen LogP) is 1.96. The van der Waals surface area contributed by atoms with Gasteiger partial charge in [0, 0.05) is 25.2 Å². The molecule has 0 bridgehead atoms. The number of carbonyl (C=O) groups is 2. The highest BCUT2D eigenvalue weighted by Crippen LogP contribution is 2.36. The summed E-state index contributed by atoms with van der Waals surface area (Å²) in [6.07, 6.45) is 8.87. The lowest BCUT2D eigenvalue weighted by molar-refractivity contribution is -0.168. The highest BCUT2D eigenvalue weighted by atomic mass is 16.5. The molecule has 4 aliphatic rings. The maximum atomic E-state index is 12.5. The number of rotatable bonds is 4. The average molecular weight is 364 g/mol. The van der Waals surface area contributed by atoms with Crippen LogP contribution in [-0.2, 0) is 19.1 Å². The Balaban J connectivity index is 1.28. The molecule has 4 fully saturated rings. The van der Waals surface area contributed by atoms with Crippen molar-refractivity contribution in [3.05, 3.63) is 0 Å². The smallest absolute Gasteiger partial charge is 0.309 e. The molecule has 0 aromatic heterocycles. The first-order chi connectivity index (χ1) is 12.7. The number of piperidine rings is 1. The minimum atomic E-state index is -0.0270. The van der Waals surface area contributed by atoms with Gasteiger partial charge in [0.25, 0.3) is 0 Å². The Morgan fingerprint density at radius 1 is 1.12 bits per heavy atom. The van der Waals surface area contributed by atoms with Crippen molar-refractivity contribution >= 4 is 11.9 Å². The number of fused-ring (bicyclic) bond motifs is 1. The lowest BCUT2D eigenvalue weighted by atomic mass is 9.78. The third-order valence-corrected chi connectivity index (χ3v) is 6.88. The zero-order chi connectivity index (χ0) is 18.1. The van der Waals surface area contributed by atoms with Crippen LogP contribution in [0, 0.1) is 5.92 Å². The van der Waals surface area contributed by atoms with Gasteiger partial charge >= 0.3 is 5.97 Å². The molecule has 1 amide bonds. The van der Waals surface area contributed by atoms with Crippen LogP contribution in [0.4, 0.5) is 0 Å². The van der Waals surface area contributed by atoms with E-state index in [0.29, 0.717) is 24.7 Å². The van der Waals surface area contributed by atoms with Crippen molar-refractivity contribution in [2.24, 2.45) is 5.92 Å². The average Bonchev–Trinajstić information content (AvgIpc) is 2.61. The molecule has 0 aromatic carbocycles. The molecule has 2 aliphatic carbocycles. The number of amides is 1. The first kappa shape index (κ1) is 18.2. The minimum Gasteiger partial charge on any atom is -0.466 e. The van der Waals surface area contributed by atoms with Gasteiger partial charge in [-0.25, -0.2) is 0 Å². The van der Waals surface area contributed by atoms with E-state index in [-0.39, 0.29) is 30.5 Å². The van der Waals surface area contributed by atoms with Crippen molar-refractivity contribution in [3.8, 4) is 0 Å². The van der Waals surface area contributed by atoms with Gasteiger partial charge in [0.05, 0.1) is 24.7 Å². The molecule has 2 atom stereocenters. The van der Waals surface area contributed by atoms with E-state index >= 15 is 0 Å². The highest BCUT2D eigenvalue weighted by molar-refractivity contribution is 5.79. The highest BCUT2D eigenvalue weighted by Gasteiger charge is 2.44. The van der Waals surface area contributed by atoms with E-state index in [1.54, 1.807) is 0 Å². The molecule has 6 heteroatoms. The number of morpholine rings is 1. The van der Waals surface area contributed by atoms with Gasteiger partial charge in [-0.05, 0) is 45.4 Å². The normalized spacial score (nSPS) is 36.3. The number of carbonyl (C=O) groups excluding carboxylic acids is 2. The maximum absolute atomic E-state index is 12.5. The predicted molar refractivity (Wildman–Crippen MR) is 96.6 cm³/mol. The third-order valence-electron chi connectivity index (χ3n) is 6.88. The number of hydrogen-bond donors (Lipinski definition) is 0. The molecule has 4 rings (SSSR count). The summed E-state index contributed by atoms with van der Waals surface area (Å²) < 4.78 is 10.9. The second-order valence-corrected chi connectivity index (χ2v) is 8.34. The first-order valence-corrected chi connectivity index (χ1v) is 10.5. The van der Waals surface area contributed by atoms with Crippen LogP contribution >= 0.6 is 0 Å². The molecular weight excluding hydrogens is 332 g/mol. The van der Waals surface area contributed by atoms with Crippen molar-refractivity contribution < 1.29 is 19.1 Å². The number of likely N-dealkylation sites (tertiary alicyclic amines) is 1. The number of nitrogens with zero attached hydrogens (tertiary/aromatic N) is 2. The lowest BCUT2D eigenvalue weighted by Gasteiger charge is -2.51. The molecule has 0 radical (unpaired) electrons. The van der Waals surface area contributed by atoms with E-state index in [1.807, 2.05) is 6.92 Å². The van der Waals surface area contributed by atoms with E-state index in [2.05, 4.69) is 9.80 Å². The molecule has 26 heavy (non-hydrogen) atoms. The molecule has 2 aliphatic heterocycles. The summed E-state index contributed by atoms with van der Waals surface area (Å²) in [5.74, 6) is 0.264. The fourth-order valence-corrected chi connectivity index (χ4v) is 5.37. The van der Waals surface area contributed by atoms with E-state index in [9.17, 15) is 9.59 Å². The van der Waals surface area contributed by atoms with E-state index in [1.165, 1.54) is 12.8 Å². The Morgan fingerprint density at radius 2 is 1.85 bits per heavy atom. The van der Waals surface area contributed by atoms with Crippen LogP contribution in [0.2, 0.25) is 0 Å². The van der Waals surface area contributed by atoms with Crippen LogP contribution in [0.15, 0.2) is 0 Å². The van der Waals surface area contributed by atoms with Crippen LogP contribution in [0.3, 0.4) is 0 Å². The van der Waals surface area contributed by atoms with Crippen LogP contribution in [-0.4, -0.2) is 72.2 Å². The Hall–Kier alpha value is -1.14. The zero-order valence-electron chi connectivity index (χ0n) is 15.9. The second-order valence-electron chi connectivity index (χ2n) is 8.34. The Morgan fingerprint density at radius 3 is 2.58 bits per heavy atom. The molecule has 2 saturated carbocycles. The van der Waals surface area contributed by atoms with Gasteiger partial charge in [0.1, 0.15) is 6.61 Å². The van der Waals surface area contributed by atoms with Crippen LogP contribution in [0.1, 0.15) is 58.3 Å². The lowest BCUT2D eigenvalue weighted by Crippen LogP contribution is -2.61. The Kier molecular flexibility index (Phi) is 5.50. The first-order valence-electron chi connectivity index (χ1n) is 10.5. The molecule has 2 heterocycles. The molecule has 0 spiro atoms. The quantitative estimate of drug-likeness (QED) is 0.714. The molecule has 0 aromatic rings. The van der Waals surface area contributed by atoms with E-state index in [0.717, 1.165) is 51.6 Å². The maximum Gasteiger partial charge on any atom is 0.309 e. The molecule has 6 nitrogen and oxygen atoms in total. The molecule has 0 unspecified atom stereocenters. The number of hydrogen-bond acceptors (Lipinski definition) is 5. The second kappa shape index (κ2) is 7.85. The topological polar surface area (TPSA) is 59.1 Å². The van der Waals surface area contributed by atoms with Gasteiger partial charge in [0.2, 0.25) is 5.91 Å². The Bertz CT molecular complexity index is 526. The summed E-state index contributed by atoms with van der Waals surface area (Å²) in [4.78, 5) is 29.1. The largest absolute Gasteiger partial charge is 0.466 e. The van der Waals surface area contributed by atoms with Crippen molar-refractivity contribution in [3.63, 3.8) is 0 Å². The fourth-order valence-electron chi connectivity index (χ4n) is 5.37. The van der Waals surface area contributed by atoms with Crippen molar-refractivity contribution in [1.29, 1.82) is 0 Å². The number of ether oxygens (including phenoxy) is 2. The minimum absolute atomic E-state index is 0.0270. The van der Waals surface area contributed by atoms with E-state index < -0.39 is 0 Å². The van der Waals surface area contributed by atoms with E-state index in [4.69, 9.17) is 9.47 Å². The van der Waals surface area contributed by atoms with Crippen molar-refractivity contribution in [2.45, 2.75) is 82.5 Å². The van der Waals surface area contributed by atoms with Gasteiger partial charge in [-0.3, -0.25) is 9.59 Å².